The van der Waals surface area contributed by atoms with Crippen LogP contribution in [0.15, 0.2) is 6.07 Å². The number of hydrogen-bond donors (Lipinski definition) is 0. The Labute approximate surface area is 135 Å². The average Bonchev–Trinajstić information content (AvgIpc) is 2.37. The first-order valence-corrected chi connectivity index (χ1v) is 7.30. The summed E-state index contributed by atoms with van der Waals surface area (Å²) in [6, 6.07) is 1.55. The van der Waals surface area contributed by atoms with Crippen molar-refractivity contribution in [2.45, 2.75) is 18.5 Å². The molecule has 0 spiro atoms. The van der Waals surface area contributed by atoms with Crippen molar-refractivity contribution in [1.29, 1.82) is 0 Å². The molecule has 1 aliphatic heterocycles. The maximum atomic E-state index is 12.4. The molecule has 2 rings (SSSR count). The van der Waals surface area contributed by atoms with Gasteiger partial charge in [-0.05, 0) is 6.07 Å². The number of ether oxygens (including phenoxy) is 1. The van der Waals surface area contributed by atoms with Crippen molar-refractivity contribution in [3.05, 3.63) is 27.2 Å². The van der Waals surface area contributed by atoms with Crippen molar-refractivity contribution < 1.29 is 22.7 Å². The fraction of sp³-hybridized carbons (Fsp3) is 0.500. The van der Waals surface area contributed by atoms with Gasteiger partial charge in [-0.25, -0.2) is 0 Å². The summed E-state index contributed by atoms with van der Waals surface area (Å²) in [5.41, 5.74) is 1.16. The van der Waals surface area contributed by atoms with Crippen LogP contribution in [0.5, 0.6) is 5.75 Å². The first-order chi connectivity index (χ1) is 10.3. The van der Waals surface area contributed by atoms with E-state index in [0.29, 0.717) is 23.2 Å². The lowest BCUT2D eigenvalue weighted by Gasteiger charge is -2.40. The molecule has 1 aromatic rings. The summed E-state index contributed by atoms with van der Waals surface area (Å²) >= 11 is 12.3. The van der Waals surface area contributed by atoms with Crippen LogP contribution in [0.3, 0.4) is 0 Å². The molecule has 0 saturated carbocycles. The highest BCUT2D eigenvalue weighted by atomic mass is 35.5. The Kier molecular flexibility index (Phi) is 5.25. The molecule has 3 nitrogen and oxygen atoms in total. The minimum absolute atomic E-state index is 0.103. The number of likely N-dealkylation sites (tertiary alicyclic amines) is 1. The van der Waals surface area contributed by atoms with Gasteiger partial charge in [-0.3, -0.25) is 4.90 Å². The lowest BCUT2D eigenvalue weighted by atomic mass is 9.88. The van der Waals surface area contributed by atoms with E-state index >= 15 is 0 Å². The quantitative estimate of drug-likeness (QED) is 0.754. The number of rotatable bonds is 5. The second-order valence-electron chi connectivity index (χ2n) is 5.16. The third kappa shape index (κ3) is 3.67. The van der Waals surface area contributed by atoms with Crippen LogP contribution in [0.1, 0.15) is 17.0 Å². The predicted octanol–water partition coefficient (Wildman–Crippen LogP) is 3.70. The van der Waals surface area contributed by atoms with E-state index in [1.54, 1.807) is 6.07 Å². The molecule has 1 heterocycles. The maximum absolute atomic E-state index is 12.4. The first kappa shape index (κ1) is 17.4. The largest absolute Gasteiger partial charge is 0.496 e. The van der Waals surface area contributed by atoms with Crippen LogP contribution in [0.2, 0.25) is 10.0 Å². The van der Waals surface area contributed by atoms with Crippen LogP contribution >= 0.6 is 23.2 Å². The summed E-state index contributed by atoms with van der Waals surface area (Å²) in [6.07, 6.45) is -3.41. The van der Waals surface area contributed by atoms with Crippen LogP contribution in [0.4, 0.5) is 13.2 Å². The van der Waals surface area contributed by atoms with Gasteiger partial charge in [0.25, 0.3) is 0 Å². The van der Waals surface area contributed by atoms with E-state index in [-0.39, 0.29) is 35.5 Å². The number of alkyl halides is 3. The standard InChI is InChI=1S/C14H14Cl2F3NO2/c1-22-13-8(2-3-21)4-10(15)12(16)11(13)9-5-20(6-9)7-14(17,18)19/h3-4,9H,2,5-7H2,1H3. The first-order valence-electron chi connectivity index (χ1n) is 6.54. The Hall–Kier alpha value is -0.980. The van der Waals surface area contributed by atoms with E-state index < -0.39 is 12.7 Å². The number of methoxy groups -OCH3 is 1. The lowest BCUT2D eigenvalue weighted by Crippen LogP contribution is -2.49. The molecular weight excluding hydrogens is 342 g/mol. The number of halogens is 5. The highest BCUT2D eigenvalue weighted by Crippen LogP contribution is 2.44. The average molecular weight is 356 g/mol. The molecule has 1 aromatic carbocycles. The van der Waals surface area contributed by atoms with E-state index in [0.717, 1.165) is 0 Å². The summed E-state index contributed by atoms with van der Waals surface area (Å²) in [4.78, 5) is 12.0. The SMILES string of the molecule is COc1c(CC=O)cc(Cl)c(Cl)c1C1CN(CC(F)(F)F)C1. The second kappa shape index (κ2) is 6.64. The van der Waals surface area contributed by atoms with E-state index in [2.05, 4.69) is 0 Å². The predicted molar refractivity (Wildman–Crippen MR) is 78.0 cm³/mol. The van der Waals surface area contributed by atoms with Gasteiger partial charge in [-0.15, -0.1) is 0 Å². The minimum atomic E-state index is -4.23. The van der Waals surface area contributed by atoms with Crippen LogP contribution in [0.25, 0.3) is 0 Å². The van der Waals surface area contributed by atoms with Gasteiger partial charge < -0.3 is 9.53 Å². The van der Waals surface area contributed by atoms with Gasteiger partial charge in [-0.1, -0.05) is 23.2 Å². The topological polar surface area (TPSA) is 29.5 Å². The molecule has 0 N–H and O–H groups in total. The van der Waals surface area contributed by atoms with E-state index in [1.807, 2.05) is 0 Å². The zero-order valence-corrected chi connectivity index (χ0v) is 13.2. The Bertz CT molecular complexity index is 572. The molecule has 8 heteroatoms. The molecule has 0 radical (unpaired) electrons. The van der Waals surface area contributed by atoms with E-state index in [9.17, 15) is 18.0 Å². The number of aldehydes is 1. The summed E-state index contributed by atoms with van der Waals surface area (Å²) in [5, 5.41) is 0.536. The number of hydrogen-bond acceptors (Lipinski definition) is 3. The Morgan fingerprint density at radius 1 is 1.41 bits per heavy atom. The molecule has 22 heavy (non-hydrogen) atoms. The number of benzene rings is 1. The van der Waals surface area contributed by atoms with Crippen LogP contribution in [0, 0.1) is 0 Å². The maximum Gasteiger partial charge on any atom is 0.401 e. The van der Waals surface area contributed by atoms with Gasteiger partial charge in [0.05, 0.1) is 23.7 Å². The van der Waals surface area contributed by atoms with Crippen molar-refractivity contribution in [3.63, 3.8) is 0 Å². The van der Waals surface area contributed by atoms with Crippen LogP contribution in [-0.2, 0) is 11.2 Å². The van der Waals surface area contributed by atoms with E-state index in [1.165, 1.54) is 12.0 Å². The third-order valence-corrected chi connectivity index (χ3v) is 4.36. The minimum Gasteiger partial charge on any atom is -0.496 e. The molecule has 1 aliphatic rings. The zero-order valence-electron chi connectivity index (χ0n) is 11.7. The number of carbonyl (C=O) groups is 1. The van der Waals surface area contributed by atoms with Crippen molar-refractivity contribution in [2.75, 3.05) is 26.7 Å². The number of nitrogens with zero attached hydrogens (tertiary/aromatic N) is 1. The van der Waals surface area contributed by atoms with Gasteiger partial charge in [-0.2, -0.15) is 13.2 Å². The van der Waals surface area contributed by atoms with Crippen molar-refractivity contribution in [3.8, 4) is 5.75 Å². The Morgan fingerprint density at radius 3 is 2.55 bits per heavy atom. The summed E-state index contributed by atoms with van der Waals surface area (Å²) < 4.78 is 42.4. The van der Waals surface area contributed by atoms with Gasteiger partial charge >= 0.3 is 6.18 Å². The molecule has 0 unspecified atom stereocenters. The van der Waals surface area contributed by atoms with Crippen LogP contribution in [-0.4, -0.2) is 44.1 Å². The van der Waals surface area contributed by atoms with Crippen LogP contribution < -0.4 is 4.74 Å². The van der Waals surface area contributed by atoms with Gasteiger partial charge in [0.2, 0.25) is 0 Å². The van der Waals surface area contributed by atoms with Gasteiger partial charge in [0.15, 0.2) is 0 Å². The normalized spacial score (nSPS) is 16.5. The zero-order chi connectivity index (χ0) is 16.5. The van der Waals surface area contributed by atoms with Gasteiger partial charge in [0.1, 0.15) is 12.0 Å². The molecule has 0 bridgehead atoms. The van der Waals surface area contributed by atoms with Crippen molar-refractivity contribution in [2.24, 2.45) is 0 Å². The highest BCUT2D eigenvalue weighted by Gasteiger charge is 2.39. The van der Waals surface area contributed by atoms with Crippen molar-refractivity contribution in [1.82, 2.24) is 4.90 Å². The fourth-order valence-electron chi connectivity index (χ4n) is 2.67. The number of carbonyl (C=O) groups excluding carboxylic acids is 1. The third-order valence-electron chi connectivity index (χ3n) is 3.56. The molecule has 0 amide bonds. The van der Waals surface area contributed by atoms with Crippen molar-refractivity contribution >= 4 is 29.5 Å². The van der Waals surface area contributed by atoms with E-state index in [4.69, 9.17) is 27.9 Å². The molecule has 1 fully saturated rings. The molecule has 0 aliphatic carbocycles. The summed E-state index contributed by atoms with van der Waals surface area (Å²) in [5.74, 6) is 0.229. The molecule has 122 valence electrons. The highest BCUT2D eigenvalue weighted by molar-refractivity contribution is 6.42. The lowest BCUT2D eigenvalue weighted by molar-refractivity contribution is -0.154. The molecule has 0 aromatic heterocycles. The molecule has 0 atom stereocenters. The summed E-state index contributed by atoms with van der Waals surface area (Å²) in [6.45, 7) is -0.516. The fourth-order valence-corrected chi connectivity index (χ4v) is 3.19. The smallest absolute Gasteiger partial charge is 0.401 e. The Morgan fingerprint density at radius 2 is 2.05 bits per heavy atom. The molecule has 1 saturated heterocycles. The summed E-state index contributed by atoms with van der Waals surface area (Å²) in [7, 11) is 1.43. The molecular formula is C14H14Cl2F3NO2. The second-order valence-corrected chi connectivity index (χ2v) is 5.94. The Balaban J connectivity index is 2.26. The monoisotopic (exact) mass is 355 g/mol. The van der Waals surface area contributed by atoms with Gasteiger partial charge in [0, 0.05) is 36.6 Å².